The second kappa shape index (κ2) is 4.80. The van der Waals surface area contributed by atoms with Crippen molar-refractivity contribution in [1.29, 1.82) is 0 Å². The van der Waals surface area contributed by atoms with Crippen LogP contribution in [0.4, 0.5) is 4.39 Å². The monoisotopic (exact) mass is 270 g/mol. The van der Waals surface area contributed by atoms with E-state index >= 15 is 0 Å². The van der Waals surface area contributed by atoms with Crippen LogP contribution in [0.5, 0.6) is 5.75 Å². The first kappa shape index (κ1) is 13.2. The predicted octanol–water partition coefficient (Wildman–Crippen LogP) is 3.15. The highest BCUT2D eigenvalue weighted by Gasteiger charge is 2.45. The van der Waals surface area contributed by atoms with Crippen molar-refractivity contribution in [2.45, 2.75) is 36.0 Å². The summed E-state index contributed by atoms with van der Waals surface area (Å²) in [5.41, 5.74) is -0.919. The molecule has 0 radical (unpaired) electrons. The Morgan fingerprint density at radius 2 is 2.00 bits per heavy atom. The third-order valence-electron chi connectivity index (χ3n) is 3.66. The first-order valence-electron chi connectivity index (χ1n) is 5.82. The topological polar surface area (TPSA) is 57.5 Å². The predicted molar refractivity (Wildman–Crippen MR) is 67.6 cm³/mol. The molecule has 0 spiro atoms. The number of carboxylic acids is 1. The van der Waals surface area contributed by atoms with Crippen molar-refractivity contribution in [3.8, 4) is 5.75 Å². The Morgan fingerprint density at radius 1 is 1.39 bits per heavy atom. The van der Waals surface area contributed by atoms with Crippen molar-refractivity contribution in [3.63, 3.8) is 0 Å². The second-order valence-corrected chi connectivity index (χ2v) is 5.39. The number of phenolic OH excluding ortho intramolecular Hbond substituents is 1. The number of thioether (sulfide) groups is 1. The van der Waals surface area contributed by atoms with Crippen molar-refractivity contribution in [2.24, 2.45) is 0 Å². The van der Waals surface area contributed by atoms with E-state index in [1.165, 1.54) is 12.1 Å². The van der Waals surface area contributed by atoms with E-state index in [0.29, 0.717) is 12.8 Å². The Morgan fingerprint density at radius 3 is 2.50 bits per heavy atom. The van der Waals surface area contributed by atoms with Gasteiger partial charge in [0, 0.05) is 5.56 Å². The van der Waals surface area contributed by atoms with E-state index in [1.54, 1.807) is 6.26 Å². The van der Waals surface area contributed by atoms with Gasteiger partial charge in [-0.3, -0.25) is 4.79 Å². The maximum Gasteiger partial charge on any atom is 0.314 e. The number of halogens is 1. The van der Waals surface area contributed by atoms with E-state index in [9.17, 15) is 19.4 Å². The largest absolute Gasteiger partial charge is 0.507 e. The van der Waals surface area contributed by atoms with E-state index < -0.39 is 17.2 Å². The second-order valence-electron chi connectivity index (χ2n) is 4.57. The van der Waals surface area contributed by atoms with Gasteiger partial charge in [-0.25, -0.2) is 4.39 Å². The van der Waals surface area contributed by atoms with E-state index in [0.717, 1.165) is 24.6 Å². The lowest BCUT2D eigenvalue weighted by Gasteiger charge is -2.25. The third kappa shape index (κ3) is 1.86. The zero-order valence-electron chi connectivity index (χ0n) is 10.1. The van der Waals surface area contributed by atoms with Crippen LogP contribution in [0.15, 0.2) is 17.0 Å². The standard InChI is InChI=1S/C13H15FO3S/c1-18-11-9(15)5-4-8(10(11)14)13(12(16)17)6-2-3-7-13/h4-5,15H,2-3,6-7H2,1H3,(H,16,17). The van der Waals surface area contributed by atoms with Crippen LogP contribution in [0.2, 0.25) is 0 Å². The summed E-state index contributed by atoms with van der Waals surface area (Å²) in [7, 11) is 0. The molecular formula is C13H15FO3S. The van der Waals surface area contributed by atoms with Crippen molar-refractivity contribution in [1.82, 2.24) is 0 Å². The van der Waals surface area contributed by atoms with Crippen LogP contribution in [0, 0.1) is 5.82 Å². The normalized spacial score (nSPS) is 17.9. The van der Waals surface area contributed by atoms with E-state index in [1.807, 2.05) is 0 Å². The summed E-state index contributed by atoms with van der Waals surface area (Å²) in [6.45, 7) is 0. The number of benzene rings is 1. The molecular weight excluding hydrogens is 255 g/mol. The molecule has 1 aliphatic carbocycles. The Bertz CT molecular complexity index is 481. The lowest BCUT2D eigenvalue weighted by molar-refractivity contribution is -0.143. The molecule has 1 fully saturated rings. The molecule has 0 aliphatic heterocycles. The molecule has 0 heterocycles. The van der Waals surface area contributed by atoms with Crippen molar-refractivity contribution in [3.05, 3.63) is 23.5 Å². The molecule has 1 aliphatic rings. The highest BCUT2D eigenvalue weighted by Crippen LogP contribution is 2.45. The van der Waals surface area contributed by atoms with Gasteiger partial charge in [0.25, 0.3) is 0 Å². The molecule has 0 atom stereocenters. The summed E-state index contributed by atoms with van der Waals surface area (Å²) < 4.78 is 14.3. The smallest absolute Gasteiger partial charge is 0.314 e. The van der Waals surface area contributed by atoms with Crippen molar-refractivity contribution >= 4 is 17.7 Å². The minimum absolute atomic E-state index is 0.125. The number of phenols is 1. The molecule has 1 aromatic carbocycles. The molecule has 0 saturated heterocycles. The summed E-state index contributed by atoms with van der Waals surface area (Å²) >= 11 is 1.09. The summed E-state index contributed by atoms with van der Waals surface area (Å²) in [4.78, 5) is 11.6. The average Bonchev–Trinajstić information content (AvgIpc) is 2.80. The van der Waals surface area contributed by atoms with Gasteiger partial charge in [0.2, 0.25) is 0 Å². The maximum atomic E-state index is 14.3. The van der Waals surface area contributed by atoms with Crippen LogP contribution >= 0.6 is 11.8 Å². The molecule has 1 saturated carbocycles. The Balaban J connectivity index is 2.59. The zero-order valence-corrected chi connectivity index (χ0v) is 10.9. The third-order valence-corrected chi connectivity index (χ3v) is 4.46. The van der Waals surface area contributed by atoms with Gasteiger partial charge in [-0.05, 0) is 25.2 Å². The number of hydrogen-bond acceptors (Lipinski definition) is 3. The van der Waals surface area contributed by atoms with Gasteiger partial charge in [0.15, 0.2) is 0 Å². The first-order chi connectivity index (χ1) is 8.53. The summed E-state index contributed by atoms with van der Waals surface area (Å²) in [5, 5.41) is 19.0. The number of aliphatic carboxylic acids is 1. The van der Waals surface area contributed by atoms with E-state index in [2.05, 4.69) is 0 Å². The van der Waals surface area contributed by atoms with Crippen LogP contribution in [0.1, 0.15) is 31.2 Å². The fraction of sp³-hybridized carbons (Fsp3) is 0.462. The molecule has 1 aromatic rings. The van der Waals surface area contributed by atoms with Gasteiger partial charge < -0.3 is 10.2 Å². The van der Waals surface area contributed by atoms with Gasteiger partial charge in [0.1, 0.15) is 11.6 Å². The van der Waals surface area contributed by atoms with Crippen LogP contribution in [0.25, 0.3) is 0 Å². The van der Waals surface area contributed by atoms with Crippen LogP contribution < -0.4 is 0 Å². The van der Waals surface area contributed by atoms with E-state index in [4.69, 9.17) is 0 Å². The number of aromatic hydroxyl groups is 1. The van der Waals surface area contributed by atoms with Crippen LogP contribution in [-0.2, 0) is 10.2 Å². The Hall–Kier alpha value is -1.23. The minimum Gasteiger partial charge on any atom is -0.507 e. The number of hydrogen-bond donors (Lipinski definition) is 2. The summed E-state index contributed by atoms with van der Waals surface area (Å²) in [6.07, 6.45) is 4.15. The Labute approximate surface area is 109 Å². The highest BCUT2D eigenvalue weighted by atomic mass is 32.2. The summed E-state index contributed by atoms with van der Waals surface area (Å²) in [5.74, 6) is -1.70. The van der Waals surface area contributed by atoms with Crippen LogP contribution in [0.3, 0.4) is 0 Å². The first-order valence-corrected chi connectivity index (χ1v) is 7.05. The molecule has 98 valence electrons. The lowest BCUT2D eigenvalue weighted by atomic mass is 9.78. The van der Waals surface area contributed by atoms with Gasteiger partial charge in [-0.1, -0.05) is 18.9 Å². The highest BCUT2D eigenvalue weighted by molar-refractivity contribution is 7.98. The molecule has 3 nitrogen and oxygen atoms in total. The quantitative estimate of drug-likeness (QED) is 0.828. The van der Waals surface area contributed by atoms with Crippen molar-refractivity contribution in [2.75, 3.05) is 6.26 Å². The SMILES string of the molecule is CSc1c(O)ccc(C2(C(=O)O)CCCC2)c1F. The van der Waals surface area contributed by atoms with Gasteiger partial charge in [-0.2, -0.15) is 0 Å². The van der Waals surface area contributed by atoms with Gasteiger partial charge in [0.05, 0.1) is 10.3 Å². The minimum atomic E-state index is -1.12. The summed E-state index contributed by atoms with van der Waals surface area (Å²) in [6, 6.07) is 2.79. The molecule has 2 rings (SSSR count). The fourth-order valence-corrected chi connectivity index (χ4v) is 3.25. The van der Waals surface area contributed by atoms with Gasteiger partial charge >= 0.3 is 5.97 Å². The Kier molecular flexibility index (Phi) is 3.52. The lowest BCUT2D eigenvalue weighted by Crippen LogP contribution is -2.33. The van der Waals surface area contributed by atoms with E-state index in [-0.39, 0.29) is 16.2 Å². The molecule has 0 bridgehead atoms. The molecule has 5 heteroatoms. The molecule has 0 unspecified atom stereocenters. The molecule has 18 heavy (non-hydrogen) atoms. The molecule has 0 aromatic heterocycles. The van der Waals surface area contributed by atoms with Crippen molar-refractivity contribution < 1.29 is 19.4 Å². The number of carboxylic acid groups (broad SMARTS) is 1. The maximum absolute atomic E-state index is 14.3. The molecule has 2 N–H and O–H groups in total. The average molecular weight is 270 g/mol. The molecule has 0 amide bonds. The van der Waals surface area contributed by atoms with Crippen LogP contribution in [-0.4, -0.2) is 22.4 Å². The number of carbonyl (C=O) groups is 1. The number of rotatable bonds is 3. The fourth-order valence-electron chi connectivity index (χ4n) is 2.69. The van der Waals surface area contributed by atoms with Gasteiger partial charge in [-0.15, -0.1) is 11.8 Å². The zero-order chi connectivity index (χ0) is 13.3.